The van der Waals surface area contributed by atoms with Crippen molar-refractivity contribution in [2.24, 2.45) is 0 Å². The summed E-state index contributed by atoms with van der Waals surface area (Å²) in [4.78, 5) is 0.419. The van der Waals surface area contributed by atoms with Gasteiger partial charge in [0, 0.05) is 0 Å². The predicted octanol–water partition coefficient (Wildman–Crippen LogP) is 4.04. The molecule has 1 atom stereocenters. The summed E-state index contributed by atoms with van der Waals surface area (Å²) in [7, 11) is -3.17. The lowest BCUT2D eigenvalue weighted by molar-refractivity contribution is 0.580. The lowest BCUT2D eigenvalue weighted by atomic mass is 9.94. The Morgan fingerprint density at radius 2 is 1.45 bits per heavy atom. The van der Waals surface area contributed by atoms with Crippen molar-refractivity contribution < 1.29 is 8.42 Å². The molecule has 2 rings (SSSR count). The van der Waals surface area contributed by atoms with Crippen molar-refractivity contribution >= 4 is 9.84 Å². The zero-order valence-electron chi connectivity index (χ0n) is 11.7. The van der Waals surface area contributed by atoms with Crippen molar-refractivity contribution in [2.75, 3.05) is 5.75 Å². The summed E-state index contributed by atoms with van der Waals surface area (Å²) in [6.45, 7) is 2.10. The van der Waals surface area contributed by atoms with Gasteiger partial charge in [-0.15, -0.1) is 0 Å². The Kier molecular flexibility index (Phi) is 4.96. The molecule has 0 aromatic heterocycles. The molecule has 2 aromatic rings. The second-order valence-electron chi connectivity index (χ2n) is 4.94. The van der Waals surface area contributed by atoms with E-state index in [0.717, 1.165) is 6.42 Å². The summed E-state index contributed by atoms with van der Waals surface area (Å²) < 4.78 is 24.6. The molecule has 2 aromatic carbocycles. The summed E-state index contributed by atoms with van der Waals surface area (Å²) in [6.07, 6.45) is 1.62. The minimum atomic E-state index is -3.17. The van der Waals surface area contributed by atoms with E-state index in [2.05, 4.69) is 19.1 Å². The average Bonchev–Trinajstić information content (AvgIpc) is 2.50. The molecular weight excluding hydrogens is 268 g/mol. The molecule has 3 heteroatoms. The van der Waals surface area contributed by atoms with Gasteiger partial charge >= 0.3 is 0 Å². The van der Waals surface area contributed by atoms with Gasteiger partial charge in [0.15, 0.2) is 9.84 Å². The zero-order chi connectivity index (χ0) is 14.4. The van der Waals surface area contributed by atoms with Crippen LogP contribution >= 0.6 is 0 Å². The standard InChI is InChI=1S/C17H20O2S/c1-2-15(16-9-5-3-6-10-16)13-14-20(18,19)17-11-7-4-8-12-17/h3-12,15H,2,13-14H2,1H3. The topological polar surface area (TPSA) is 34.1 Å². The van der Waals surface area contributed by atoms with Gasteiger partial charge in [-0.25, -0.2) is 8.42 Å². The maximum absolute atomic E-state index is 12.3. The van der Waals surface area contributed by atoms with Crippen molar-refractivity contribution in [3.05, 3.63) is 66.2 Å². The van der Waals surface area contributed by atoms with Gasteiger partial charge in [-0.2, -0.15) is 0 Å². The van der Waals surface area contributed by atoms with Crippen LogP contribution in [0.3, 0.4) is 0 Å². The minimum absolute atomic E-state index is 0.199. The molecule has 0 aliphatic carbocycles. The number of hydrogen-bond acceptors (Lipinski definition) is 2. The van der Waals surface area contributed by atoms with Gasteiger partial charge in [0.2, 0.25) is 0 Å². The molecule has 0 saturated heterocycles. The fourth-order valence-electron chi connectivity index (χ4n) is 2.37. The molecular formula is C17H20O2S. The Hall–Kier alpha value is -1.61. The van der Waals surface area contributed by atoms with Crippen LogP contribution in [0.15, 0.2) is 65.6 Å². The highest BCUT2D eigenvalue weighted by molar-refractivity contribution is 7.91. The highest BCUT2D eigenvalue weighted by atomic mass is 32.2. The fourth-order valence-corrected chi connectivity index (χ4v) is 3.78. The van der Waals surface area contributed by atoms with E-state index in [4.69, 9.17) is 0 Å². The van der Waals surface area contributed by atoms with Gasteiger partial charge in [-0.1, -0.05) is 55.5 Å². The number of hydrogen-bond donors (Lipinski definition) is 0. The number of benzene rings is 2. The monoisotopic (exact) mass is 288 g/mol. The van der Waals surface area contributed by atoms with E-state index >= 15 is 0 Å². The molecule has 0 spiro atoms. The van der Waals surface area contributed by atoms with Crippen LogP contribution in [-0.2, 0) is 9.84 Å². The Labute approximate surface area is 121 Å². The number of rotatable bonds is 6. The van der Waals surface area contributed by atoms with Crippen LogP contribution in [0.25, 0.3) is 0 Å². The van der Waals surface area contributed by atoms with Crippen LogP contribution in [0.2, 0.25) is 0 Å². The maximum atomic E-state index is 12.3. The van der Waals surface area contributed by atoms with E-state index in [1.807, 2.05) is 24.3 Å². The van der Waals surface area contributed by atoms with Gasteiger partial charge in [-0.05, 0) is 36.5 Å². The van der Waals surface area contributed by atoms with Gasteiger partial charge in [-0.3, -0.25) is 0 Å². The van der Waals surface area contributed by atoms with Gasteiger partial charge < -0.3 is 0 Å². The second-order valence-corrected chi connectivity index (χ2v) is 7.05. The van der Waals surface area contributed by atoms with Crippen molar-refractivity contribution in [1.82, 2.24) is 0 Å². The molecule has 1 unspecified atom stereocenters. The fraction of sp³-hybridized carbons (Fsp3) is 0.294. The summed E-state index contributed by atoms with van der Waals surface area (Å²) in [5, 5.41) is 0. The van der Waals surface area contributed by atoms with Crippen molar-refractivity contribution in [3.8, 4) is 0 Å². The molecule has 2 nitrogen and oxygen atoms in total. The zero-order valence-corrected chi connectivity index (χ0v) is 12.5. The minimum Gasteiger partial charge on any atom is -0.224 e. The third kappa shape index (κ3) is 3.70. The van der Waals surface area contributed by atoms with E-state index in [-0.39, 0.29) is 5.75 Å². The Bertz CT molecular complexity index is 619. The molecule has 20 heavy (non-hydrogen) atoms. The highest BCUT2D eigenvalue weighted by Crippen LogP contribution is 2.25. The molecule has 0 radical (unpaired) electrons. The Morgan fingerprint density at radius 3 is 2.00 bits per heavy atom. The normalized spacial score (nSPS) is 13.1. The van der Waals surface area contributed by atoms with E-state index in [9.17, 15) is 8.42 Å². The number of sulfone groups is 1. The molecule has 0 aliphatic heterocycles. The lowest BCUT2D eigenvalue weighted by Crippen LogP contribution is -2.10. The van der Waals surface area contributed by atoms with E-state index < -0.39 is 9.84 Å². The first kappa shape index (κ1) is 14.8. The quantitative estimate of drug-likeness (QED) is 0.803. The predicted molar refractivity (Wildman–Crippen MR) is 82.6 cm³/mol. The SMILES string of the molecule is CCC(CCS(=O)(=O)c1ccccc1)c1ccccc1. The second kappa shape index (κ2) is 6.71. The molecule has 0 bridgehead atoms. The third-order valence-electron chi connectivity index (χ3n) is 3.60. The van der Waals surface area contributed by atoms with Crippen LogP contribution < -0.4 is 0 Å². The lowest BCUT2D eigenvalue weighted by Gasteiger charge is -2.15. The summed E-state index contributed by atoms with van der Waals surface area (Å²) in [5.74, 6) is 0.499. The van der Waals surface area contributed by atoms with Gasteiger partial charge in [0.05, 0.1) is 10.6 Å². The first-order chi connectivity index (χ1) is 9.63. The van der Waals surface area contributed by atoms with Gasteiger partial charge in [0.1, 0.15) is 0 Å². The third-order valence-corrected chi connectivity index (χ3v) is 5.36. The van der Waals surface area contributed by atoms with Crippen LogP contribution in [0.1, 0.15) is 31.2 Å². The van der Waals surface area contributed by atoms with Crippen LogP contribution in [0, 0.1) is 0 Å². The molecule has 0 amide bonds. The maximum Gasteiger partial charge on any atom is 0.178 e. The van der Waals surface area contributed by atoms with Crippen molar-refractivity contribution in [2.45, 2.75) is 30.6 Å². The molecule has 0 aliphatic rings. The van der Waals surface area contributed by atoms with E-state index in [1.165, 1.54) is 5.56 Å². The average molecular weight is 288 g/mol. The largest absolute Gasteiger partial charge is 0.224 e. The van der Waals surface area contributed by atoms with E-state index in [0.29, 0.717) is 17.2 Å². The van der Waals surface area contributed by atoms with Crippen LogP contribution in [-0.4, -0.2) is 14.2 Å². The molecule has 0 N–H and O–H groups in total. The summed E-state index contributed by atoms with van der Waals surface area (Å²) >= 11 is 0. The first-order valence-electron chi connectivity index (χ1n) is 6.96. The molecule has 106 valence electrons. The van der Waals surface area contributed by atoms with Crippen LogP contribution in [0.4, 0.5) is 0 Å². The Morgan fingerprint density at radius 1 is 0.900 bits per heavy atom. The van der Waals surface area contributed by atoms with Gasteiger partial charge in [0.25, 0.3) is 0 Å². The molecule has 0 saturated carbocycles. The highest BCUT2D eigenvalue weighted by Gasteiger charge is 2.17. The smallest absolute Gasteiger partial charge is 0.178 e. The first-order valence-corrected chi connectivity index (χ1v) is 8.61. The van der Waals surface area contributed by atoms with Crippen LogP contribution in [0.5, 0.6) is 0 Å². The summed E-state index contributed by atoms with van der Waals surface area (Å²) in [5.41, 5.74) is 1.22. The van der Waals surface area contributed by atoms with Crippen molar-refractivity contribution in [3.63, 3.8) is 0 Å². The van der Waals surface area contributed by atoms with Crippen molar-refractivity contribution in [1.29, 1.82) is 0 Å². The Balaban J connectivity index is 2.07. The summed E-state index contributed by atoms with van der Waals surface area (Å²) in [6, 6.07) is 18.8. The molecule has 0 fully saturated rings. The van der Waals surface area contributed by atoms with E-state index in [1.54, 1.807) is 24.3 Å². The molecule has 0 heterocycles.